The predicted molar refractivity (Wildman–Crippen MR) is 90.0 cm³/mol. The summed E-state index contributed by atoms with van der Waals surface area (Å²) in [5.41, 5.74) is 0.531. The first-order chi connectivity index (χ1) is 11.9. The van der Waals surface area contributed by atoms with E-state index in [2.05, 4.69) is 15.3 Å². The number of fused-ring (bicyclic) bond motifs is 1. The molecule has 3 rings (SSSR count). The number of hydrogen-bond donors (Lipinski definition) is 1. The Morgan fingerprint density at radius 2 is 1.92 bits per heavy atom. The quantitative estimate of drug-likeness (QED) is 0.731. The van der Waals surface area contributed by atoms with E-state index in [9.17, 15) is 13.6 Å². The SMILES string of the molecule is O=C(COc1ncnc2c(Cl)cc(Cl)cc12)Nc1ccc(F)c(F)c1. The largest absolute Gasteiger partial charge is 0.467 e. The number of nitrogens with one attached hydrogen (secondary N) is 1. The second-order valence-corrected chi connectivity index (χ2v) is 5.77. The van der Waals surface area contributed by atoms with Crippen LogP contribution in [0.25, 0.3) is 10.9 Å². The molecule has 0 saturated carbocycles. The maximum absolute atomic E-state index is 13.1. The monoisotopic (exact) mass is 383 g/mol. The average Bonchev–Trinajstić information content (AvgIpc) is 2.56. The molecule has 0 radical (unpaired) electrons. The van der Waals surface area contributed by atoms with Crippen LogP contribution in [0.15, 0.2) is 36.7 Å². The molecule has 0 bridgehead atoms. The highest BCUT2D eigenvalue weighted by molar-refractivity contribution is 6.38. The van der Waals surface area contributed by atoms with E-state index in [-0.39, 0.29) is 11.6 Å². The fourth-order valence-corrected chi connectivity index (χ4v) is 2.63. The van der Waals surface area contributed by atoms with Gasteiger partial charge >= 0.3 is 0 Å². The molecule has 0 fully saturated rings. The van der Waals surface area contributed by atoms with Crippen molar-refractivity contribution in [3.8, 4) is 5.88 Å². The van der Waals surface area contributed by atoms with Crippen LogP contribution < -0.4 is 10.1 Å². The highest BCUT2D eigenvalue weighted by atomic mass is 35.5. The standard InChI is InChI=1S/C16H9Cl2F2N3O2/c17-8-3-10-15(11(18)4-8)21-7-22-16(10)25-6-14(24)23-9-1-2-12(19)13(20)5-9/h1-5,7H,6H2,(H,23,24). The number of aromatic nitrogens is 2. The lowest BCUT2D eigenvalue weighted by Crippen LogP contribution is -2.20. The number of amides is 1. The fraction of sp³-hybridized carbons (Fsp3) is 0.0625. The van der Waals surface area contributed by atoms with Crippen molar-refractivity contribution in [2.75, 3.05) is 11.9 Å². The van der Waals surface area contributed by atoms with E-state index in [0.29, 0.717) is 20.9 Å². The van der Waals surface area contributed by atoms with Gasteiger partial charge in [0.15, 0.2) is 18.2 Å². The molecule has 0 atom stereocenters. The van der Waals surface area contributed by atoms with Crippen LogP contribution in [0.5, 0.6) is 5.88 Å². The molecule has 0 aliphatic carbocycles. The number of nitrogens with zero attached hydrogens (tertiary/aromatic N) is 2. The van der Waals surface area contributed by atoms with Crippen molar-refractivity contribution in [3.63, 3.8) is 0 Å². The summed E-state index contributed by atoms with van der Waals surface area (Å²) in [6.07, 6.45) is 1.24. The minimum Gasteiger partial charge on any atom is -0.467 e. The molecule has 25 heavy (non-hydrogen) atoms. The van der Waals surface area contributed by atoms with Gasteiger partial charge in [-0.25, -0.2) is 18.7 Å². The number of rotatable bonds is 4. The van der Waals surface area contributed by atoms with Crippen LogP contribution in [0.4, 0.5) is 14.5 Å². The lowest BCUT2D eigenvalue weighted by Gasteiger charge is -2.09. The van der Waals surface area contributed by atoms with Crippen molar-refractivity contribution in [2.24, 2.45) is 0 Å². The van der Waals surface area contributed by atoms with Crippen molar-refractivity contribution < 1.29 is 18.3 Å². The Hall–Kier alpha value is -2.51. The van der Waals surface area contributed by atoms with Gasteiger partial charge < -0.3 is 10.1 Å². The van der Waals surface area contributed by atoms with E-state index >= 15 is 0 Å². The second-order valence-electron chi connectivity index (χ2n) is 4.93. The maximum atomic E-state index is 13.1. The first kappa shape index (κ1) is 17.3. The summed E-state index contributed by atoms with van der Waals surface area (Å²) in [5, 5.41) is 3.51. The molecule has 0 unspecified atom stereocenters. The first-order valence-electron chi connectivity index (χ1n) is 6.91. The van der Waals surface area contributed by atoms with Crippen LogP contribution in [0.3, 0.4) is 0 Å². The Labute approximate surface area is 150 Å². The van der Waals surface area contributed by atoms with E-state index in [1.165, 1.54) is 18.5 Å². The summed E-state index contributed by atoms with van der Waals surface area (Å²) in [6, 6.07) is 6.10. The van der Waals surface area contributed by atoms with Gasteiger partial charge in [-0.05, 0) is 24.3 Å². The minimum absolute atomic E-state index is 0.103. The summed E-state index contributed by atoms with van der Waals surface area (Å²) in [7, 11) is 0. The normalized spacial score (nSPS) is 10.7. The van der Waals surface area contributed by atoms with Crippen molar-refractivity contribution in [1.82, 2.24) is 9.97 Å². The first-order valence-corrected chi connectivity index (χ1v) is 7.67. The van der Waals surface area contributed by atoms with Crippen molar-refractivity contribution >= 4 is 45.7 Å². The molecule has 128 valence electrons. The molecule has 1 N–H and O–H groups in total. The van der Waals surface area contributed by atoms with Gasteiger partial charge in [0.2, 0.25) is 5.88 Å². The zero-order valence-corrected chi connectivity index (χ0v) is 13.9. The van der Waals surface area contributed by atoms with Gasteiger partial charge in [-0.1, -0.05) is 23.2 Å². The number of benzene rings is 2. The van der Waals surface area contributed by atoms with Crippen LogP contribution in [0.2, 0.25) is 10.0 Å². The van der Waals surface area contributed by atoms with Gasteiger partial charge in [-0.2, -0.15) is 0 Å². The van der Waals surface area contributed by atoms with Crippen molar-refractivity contribution in [3.05, 3.63) is 58.3 Å². The lowest BCUT2D eigenvalue weighted by atomic mass is 10.2. The highest BCUT2D eigenvalue weighted by Crippen LogP contribution is 2.30. The van der Waals surface area contributed by atoms with Gasteiger partial charge in [-0.15, -0.1) is 0 Å². The smallest absolute Gasteiger partial charge is 0.262 e. The lowest BCUT2D eigenvalue weighted by molar-refractivity contribution is -0.118. The van der Waals surface area contributed by atoms with Crippen LogP contribution in [0.1, 0.15) is 0 Å². The third-order valence-corrected chi connectivity index (χ3v) is 3.67. The Morgan fingerprint density at radius 3 is 2.68 bits per heavy atom. The molecule has 1 aromatic heterocycles. The van der Waals surface area contributed by atoms with Gasteiger partial charge in [0, 0.05) is 16.8 Å². The average molecular weight is 384 g/mol. The summed E-state index contributed by atoms with van der Waals surface area (Å²) >= 11 is 12.0. The minimum atomic E-state index is -1.07. The maximum Gasteiger partial charge on any atom is 0.262 e. The molecule has 0 aliphatic heterocycles. The Morgan fingerprint density at radius 1 is 1.12 bits per heavy atom. The molecule has 0 spiro atoms. The molecule has 1 amide bonds. The van der Waals surface area contributed by atoms with E-state index in [1.807, 2.05) is 0 Å². The Kier molecular flexibility index (Phi) is 4.96. The number of hydrogen-bond acceptors (Lipinski definition) is 4. The van der Waals surface area contributed by atoms with Crippen LogP contribution in [-0.4, -0.2) is 22.5 Å². The van der Waals surface area contributed by atoms with Gasteiger partial charge in [0.05, 0.1) is 15.9 Å². The number of halogens is 4. The number of ether oxygens (including phenoxy) is 1. The molecule has 5 nitrogen and oxygen atoms in total. The topological polar surface area (TPSA) is 64.1 Å². The summed E-state index contributed by atoms with van der Waals surface area (Å²) < 4.78 is 31.4. The van der Waals surface area contributed by atoms with Crippen LogP contribution in [0, 0.1) is 11.6 Å². The third-order valence-electron chi connectivity index (χ3n) is 3.16. The molecule has 2 aromatic carbocycles. The molecule has 1 heterocycles. The van der Waals surface area contributed by atoms with Crippen molar-refractivity contribution in [2.45, 2.75) is 0 Å². The molecule has 3 aromatic rings. The number of anilines is 1. The Bertz CT molecular complexity index is 970. The molecular formula is C16H9Cl2F2N3O2. The highest BCUT2D eigenvalue weighted by Gasteiger charge is 2.12. The summed E-state index contributed by atoms with van der Waals surface area (Å²) in [4.78, 5) is 19.9. The predicted octanol–water partition coefficient (Wildman–Crippen LogP) is 4.23. The molecule has 9 heteroatoms. The zero-order chi connectivity index (χ0) is 18.0. The van der Waals surface area contributed by atoms with Crippen LogP contribution in [-0.2, 0) is 4.79 Å². The number of carbonyl (C=O) groups excluding carboxylic acids is 1. The van der Waals surface area contributed by atoms with E-state index in [1.54, 1.807) is 6.07 Å². The van der Waals surface area contributed by atoms with Gasteiger partial charge in [0.25, 0.3) is 5.91 Å². The van der Waals surface area contributed by atoms with Gasteiger partial charge in [0.1, 0.15) is 6.33 Å². The fourth-order valence-electron chi connectivity index (χ4n) is 2.09. The van der Waals surface area contributed by atoms with Crippen molar-refractivity contribution in [1.29, 1.82) is 0 Å². The third kappa shape index (κ3) is 3.94. The van der Waals surface area contributed by atoms with Gasteiger partial charge in [-0.3, -0.25) is 4.79 Å². The molecule has 0 saturated heterocycles. The van der Waals surface area contributed by atoms with E-state index in [4.69, 9.17) is 27.9 Å². The zero-order valence-electron chi connectivity index (χ0n) is 12.4. The summed E-state index contributed by atoms with van der Waals surface area (Å²) in [6.45, 7) is -0.407. The van der Waals surface area contributed by atoms with E-state index in [0.717, 1.165) is 12.1 Å². The van der Waals surface area contributed by atoms with E-state index < -0.39 is 24.1 Å². The molecular weight excluding hydrogens is 375 g/mol. The summed E-state index contributed by atoms with van der Waals surface area (Å²) in [5.74, 6) is -2.53. The van der Waals surface area contributed by atoms with Crippen LogP contribution >= 0.6 is 23.2 Å². The number of carbonyl (C=O) groups is 1. The second kappa shape index (κ2) is 7.16. The molecule has 0 aliphatic rings. The Balaban J connectivity index is 1.74.